The molecule has 1 atom stereocenters. The molecule has 0 spiro atoms. The molecule has 156 valence electrons. The van der Waals surface area contributed by atoms with Crippen LogP contribution < -0.4 is 10.6 Å². The molecule has 0 aliphatic carbocycles. The highest BCUT2D eigenvalue weighted by atomic mass is 32.2. The molecule has 8 nitrogen and oxygen atoms in total. The maximum atomic E-state index is 13.1. The van der Waals surface area contributed by atoms with Crippen molar-refractivity contribution in [2.45, 2.75) is 36.6 Å². The third kappa shape index (κ3) is 5.98. The quantitative estimate of drug-likeness (QED) is 0.479. The van der Waals surface area contributed by atoms with E-state index in [0.717, 1.165) is 25.0 Å². The van der Waals surface area contributed by atoms with Crippen LogP contribution in [0, 0.1) is 5.82 Å². The van der Waals surface area contributed by atoms with Crippen LogP contribution in [0.4, 0.5) is 4.39 Å². The van der Waals surface area contributed by atoms with E-state index in [9.17, 15) is 22.4 Å². The fourth-order valence-electron chi connectivity index (χ4n) is 3.10. The number of methoxy groups -OCH3 is 1. The van der Waals surface area contributed by atoms with E-state index in [2.05, 4.69) is 10.6 Å². The first-order valence-corrected chi connectivity index (χ1v) is 10.6. The van der Waals surface area contributed by atoms with E-state index in [1.165, 1.54) is 23.5 Å². The number of hydrogen-bond donors (Lipinski definition) is 2. The van der Waals surface area contributed by atoms with Gasteiger partial charge in [0, 0.05) is 32.8 Å². The number of carbonyl (C=O) groups is 2. The van der Waals surface area contributed by atoms with Crippen LogP contribution in [-0.2, 0) is 24.3 Å². The molecule has 2 amide bonds. The predicted octanol–water partition coefficient (Wildman–Crippen LogP) is 0.638. The molecule has 2 N–H and O–H groups in total. The summed E-state index contributed by atoms with van der Waals surface area (Å²) in [5.74, 6) is -2.02. The Bertz CT molecular complexity index is 770. The van der Waals surface area contributed by atoms with Crippen LogP contribution in [0.15, 0.2) is 29.2 Å². The largest absolute Gasteiger partial charge is 0.383 e. The summed E-state index contributed by atoms with van der Waals surface area (Å²) < 4.78 is 45.1. The lowest BCUT2D eigenvalue weighted by Crippen LogP contribution is -2.46. The van der Waals surface area contributed by atoms with Crippen LogP contribution in [0.3, 0.4) is 0 Å². The van der Waals surface area contributed by atoms with Crippen LogP contribution in [0.25, 0.3) is 0 Å². The molecule has 1 aromatic carbocycles. The van der Waals surface area contributed by atoms with Gasteiger partial charge in [0.2, 0.25) is 10.0 Å². The SMILES string of the molecule is COCCNC(=O)C(=O)NCC[C@@H]1CCCCN1S(=O)(=O)c1ccc(F)cc1. The van der Waals surface area contributed by atoms with Gasteiger partial charge in [-0.2, -0.15) is 4.31 Å². The molecule has 0 radical (unpaired) electrons. The maximum Gasteiger partial charge on any atom is 0.309 e. The lowest BCUT2D eigenvalue weighted by atomic mass is 10.0. The molecule has 0 aromatic heterocycles. The van der Waals surface area contributed by atoms with Gasteiger partial charge < -0.3 is 15.4 Å². The monoisotopic (exact) mass is 415 g/mol. The van der Waals surface area contributed by atoms with E-state index in [4.69, 9.17) is 4.74 Å². The highest BCUT2D eigenvalue weighted by molar-refractivity contribution is 7.89. The van der Waals surface area contributed by atoms with E-state index >= 15 is 0 Å². The van der Waals surface area contributed by atoms with Crippen molar-refractivity contribution in [3.05, 3.63) is 30.1 Å². The Morgan fingerprint density at radius 1 is 1.14 bits per heavy atom. The van der Waals surface area contributed by atoms with Gasteiger partial charge in [-0.3, -0.25) is 9.59 Å². The van der Waals surface area contributed by atoms with Crippen LogP contribution in [0.5, 0.6) is 0 Å². The number of ether oxygens (including phenoxy) is 1. The Morgan fingerprint density at radius 2 is 1.79 bits per heavy atom. The van der Waals surface area contributed by atoms with Gasteiger partial charge in [-0.1, -0.05) is 6.42 Å². The Kier molecular flexibility index (Phi) is 8.34. The molecule has 0 saturated carbocycles. The van der Waals surface area contributed by atoms with Crippen LogP contribution in [0.1, 0.15) is 25.7 Å². The van der Waals surface area contributed by atoms with Crippen LogP contribution in [-0.4, -0.2) is 63.9 Å². The van der Waals surface area contributed by atoms with Gasteiger partial charge in [0.05, 0.1) is 11.5 Å². The van der Waals surface area contributed by atoms with Crippen LogP contribution in [0.2, 0.25) is 0 Å². The maximum absolute atomic E-state index is 13.1. The van der Waals surface area contributed by atoms with Gasteiger partial charge in [-0.05, 0) is 43.5 Å². The predicted molar refractivity (Wildman–Crippen MR) is 100 cm³/mol. The molecule has 2 rings (SSSR count). The number of hydrogen-bond acceptors (Lipinski definition) is 5. The van der Waals surface area contributed by atoms with E-state index in [0.29, 0.717) is 26.0 Å². The number of nitrogens with one attached hydrogen (secondary N) is 2. The minimum absolute atomic E-state index is 0.0438. The Balaban J connectivity index is 1.93. The second kappa shape index (κ2) is 10.5. The van der Waals surface area contributed by atoms with Gasteiger partial charge in [0.15, 0.2) is 0 Å². The second-order valence-corrected chi connectivity index (χ2v) is 8.40. The molecule has 1 aromatic rings. The van der Waals surface area contributed by atoms with Crippen molar-refractivity contribution in [1.29, 1.82) is 0 Å². The normalized spacial score (nSPS) is 17.9. The van der Waals surface area contributed by atoms with Crippen molar-refractivity contribution < 1.29 is 27.1 Å². The summed E-state index contributed by atoms with van der Waals surface area (Å²) in [5.41, 5.74) is 0. The van der Waals surface area contributed by atoms with E-state index in [-0.39, 0.29) is 24.0 Å². The highest BCUT2D eigenvalue weighted by Gasteiger charge is 2.33. The summed E-state index contributed by atoms with van der Waals surface area (Å²) in [6, 6.07) is 4.45. The van der Waals surface area contributed by atoms with Gasteiger partial charge in [-0.15, -0.1) is 0 Å². The number of rotatable bonds is 8. The summed E-state index contributed by atoms with van der Waals surface area (Å²) >= 11 is 0. The lowest BCUT2D eigenvalue weighted by molar-refractivity contribution is -0.139. The molecular weight excluding hydrogens is 389 g/mol. The Hall–Kier alpha value is -2.04. The first kappa shape index (κ1) is 22.3. The molecule has 1 aliphatic heterocycles. The Morgan fingerprint density at radius 3 is 2.43 bits per heavy atom. The highest BCUT2D eigenvalue weighted by Crippen LogP contribution is 2.27. The number of sulfonamides is 1. The molecule has 10 heteroatoms. The van der Waals surface area contributed by atoms with Crippen molar-refractivity contribution >= 4 is 21.8 Å². The van der Waals surface area contributed by atoms with Gasteiger partial charge in [0.25, 0.3) is 0 Å². The Labute approximate surface area is 164 Å². The zero-order chi connectivity index (χ0) is 20.6. The fourth-order valence-corrected chi connectivity index (χ4v) is 4.82. The van der Waals surface area contributed by atoms with Crippen molar-refractivity contribution in [1.82, 2.24) is 14.9 Å². The second-order valence-electron chi connectivity index (χ2n) is 6.51. The zero-order valence-electron chi connectivity index (χ0n) is 15.8. The van der Waals surface area contributed by atoms with Crippen molar-refractivity contribution in [3.63, 3.8) is 0 Å². The minimum atomic E-state index is -3.75. The average Bonchev–Trinajstić information content (AvgIpc) is 2.68. The molecule has 28 heavy (non-hydrogen) atoms. The molecule has 0 bridgehead atoms. The minimum Gasteiger partial charge on any atom is -0.383 e. The van der Waals surface area contributed by atoms with Crippen molar-refractivity contribution in [2.75, 3.05) is 33.4 Å². The topological polar surface area (TPSA) is 105 Å². The van der Waals surface area contributed by atoms with E-state index in [1.54, 1.807) is 0 Å². The van der Waals surface area contributed by atoms with Crippen molar-refractivity contribution in [2.24, 2.45) is 0 Å². The number of amides is 2. The van der Waals surface area contributed by atoms with Gasteiger partial charge in [-0.25, -0.2) is 12.8 Å². The number of halogens is 1. The smallest absolute Gasteiger partial charge is 0.309 e. The molecule has 1 aliphatic rings. The third-order valence-corrected chi connectivity index (χ3v) is 6.52. The zero-order valence-corrected chi connectivity index (χ0v) is 16.6. The standard InChI is InChI=1S/C18H26FN3O5S/c1-27-13-11-21-18(24)17(23)20-10-9-15-4-2-3-12-22(15)28(25,26)16-7-5-14(19)6-8-16/h5-8,15H,2-4,9-13H2,1H3,(H,20,23)(H,21,24)/t15-/m0/s1. The summed E-state index contributed by atoms with van der Waals surface area (Å²) in [6.07, 6.45) is 2.67. The number of nitrogens with zero attached hydrogens (tertiary/aromatic N) is 1. The fraction of sp³-hybridized carbons (Fsp3) is 0.556. The average molecular weight is 415 g/mol. The molecule has 1 heterocycles. The number of benzene rings is 1. The number of carbonyl (C=O) groups excluding carboxylic acids is 2. The lowest BCUT2D eigenvalue weighted by Gasteiger charge is -2.34. The first-order valence-electron chi connectivity index (χ1n) is 9.18. The van der Waals surface area contributed by atoms with Crippen molar-refractivity contribution in [3.8, 4) is 0 Å². The molecule has 1 saturated heterocycles. The molecular formula is C18H26FN3O5S. The molecule has 0 unspecified atom stereocenters. The van der Waals surface area contributed by atoms with Gasteiger partial charge >= 0.3 is 11.8 Å². The summed E-state index contributed by atoms with van der Waals surface area (Å²) in [7, 11) is -2.26. The third-order valence-electron chi connectivity index (χ3n) is 4.55. The van der Waals surface area contributed by atoms with E-state index in [1.807, 2.05) is 0 Å². The summed E-state index contributed by atoms with van der Waals surface area (Å²) in [5, 5.41) is 4.93. The van der Waals surface area contributed by atoms with E-state index < -0.39 is 27.7 Å². The van der Waals surface area contributed by atoms with Gasteiger partial charge in [0.1, 0.15) is 5.82 Å². The molecule has 1 fully saturated rings. The number of piperidine rings is 1. The summed E-state index contributed by atoms with van der Waals surface area (Å²) in [4.78, 5) is 23.4. The first-order chi connectivity index (χ1) is 13.4. The van der Waals surface area contributed by atoms with Crippen LogP contribution >= 0.6 is 0 Å². The summed E-state index contributed by atoms with van der Waals surface area (Å²) in [6.45, 7) is 1.08.